The Kier molecular flexibility index (Phi) is 6.16. The van der Waals surface area contributed by atoms with E-state index in [9.17, 15) is 4.79 Å². The van der Waals surface area contributed by atoms with Crippen molar-refractivity contribution in [2.24, 2.45) is 0 Å². The molecule has 0 bridgehead atoms. The number of nitrogens with two attached hydrogens (primary N) is 1. The first-order valence-electron chi connectivity index (χ1n) is 13.6. The summed E-state index contributed by atoms with van der Waals surface area (Å²) < 4.78 is 6.95. The van der Waals surface area contributed by atoms with Crippen LogP contribution in [0.25, 0.3) is 28.5 Å². The molecule has 2 aliphatic rings. The quantitative estimate of drug-likeness (QED) is 0.366. The van der Waals surface area contributed by atoms with Crippen molar-refractivity contribution in [3.8, 4) is 22.8 Å². The summed E-state index contributed by atoms with van der Waals surface area (Å²) in [5.74, 6) is 1.50. The molecular weight excluding hydrogens is 504 g/mol. The molecule has 0 aliphatic carbocycles. The zero-order valence-electron chi connectivity index (χ0n) is 22.1. The minimum Gasteiger partial charge on any atom is -0.461 e. The third kappa shape index (κ3) is 4.66. The highest BCUT2D eigenvalue weighted by molar-refractivity contribution is 5.79. The number of piperazine rings is 1. The molecule has 0 spiro atoms. The van der Waals surface area contributed by atoms with Crippen LogP contribution in [0.15, 0.2) is 77.4 Å². The zero-order valence-corrected chi connectivity index (χ0v) is 22.1. The van der Waals surface area contributed by atoms with Gasteiger partial charge in [-0.25, -0.2) is 9.97 Å². The van der Waals surface area contributed by atoms with Gasteiger partial charge in [0.2, 0.25) is 17.7 Å². The number of hydrogen-bond donors (Lipinski definition) is 1. The second kappa shape index (κ2) is 10.1. The van der Waals surface area contributed by atoms with Gasteiger partial charge in [0, 0.05) is 56.6 Å². The lowest BCUT2D eigenvalue weighted by Gasteiger charge is -2.37. The van der Waals surface area contributed by atoms with E-state index in [0.717, 1.165) is 49.5 Å². The molecule has 0 atom stereocenters. The molecular formula is C30H30N8O2. The number of rotatable bonds is 5. The van der Waals surface area contributed by atoms with Crippen LogP contribution in [0.4, 0.5) is 11.6 Å². The first kappa shape index (κ1) is 24.3. The molecule has 40 heavy (non-hydrogen) atoms. The van der Waals surface area contributed by atoms with Crippen LogP contribution in [0.2, 0.25) is 0 Å². The second-order valence-corrected chi connectivity index (χ2v) is 10.3. The molecule has 7 rings (SSSR count). The summed E-state index contributed by atoms with van der Waals surface area (Å²) in [7, 11) is 0. The van der Waals surface area contributed by atoms with Crippen molar-refractivity contribution >= 4 is 23.2 Å². The Balaban J connectivity index is 1.02. The normalized spacial score (nSPS) is 15.9. The average Bonchev–Trinajstić information content (AvgIpc) is 3.68. The van der Waals surface area contributed by atoms with Gasteiger partial charge >= 0.3 is 0 Å². The number of amides is 1. The second-order valence-electron chi connectivity index (χ2n) is 10.3. The van der Waals surface area contributed by atoms with Crippen LogP contribution >= 0.6 is 0 Å². The van der Waals surface area contributed by atoms with E-state index in [0.29, 0.717) is 36.9 Å². The summed E-state index contributed by atoms with van der Waals surface area (Å²) in [6.07, 6.45) is 2.59. The number of fused-ring (bicyclic) bond motifs is 2. The van der Waals surface area contributed by atoms with Gasteiger partial charge in [0.05, 0.1) is 18.5 Å². The lowest BCUT2D eigenvalue weighted by molar-refractivity contribution is -0.132. The van der Waals surface area contributed by atoms with E-state index < -0.39 is 0 Å². The number of hydrogen-bond acceptors (Lipinski definition) is 8. The minimum absolute atomic E-state index is 0.211. The van der Waals surface area contributed by atoms with Crippen molar-refractivity contribution in [2.75, 3.05) is 49.9 Å². The molecule has 2 aromatic carbocycles. The number of carbonyl (C=O) groups excluding carboxylic acids is 1. The monoisotopic (exact) mass is 534 g/mol. The average molecular weight is 535 g/mol. The summed E-state index contributed by atoms with van der Waals surface area (Å²) in [5, 5.41) is 4.43. The van der Waals surface area contributed by atoms with Crippen molar-refractivity contribution in [3.63, 3.8) is 0 Å². The van der Waals surface area contributed by atoms with Gasteiger partial charge in [-0.05, 0) is 41.8 Å². The maximum Gasteiger partial charge on any atom is 0.236 e. The molecule has 0 saturated carbocycles. The SMILES string of the molecule is Nc1nc(-c2cccc(N3CCN(C(=O)CN4CCc5ccccc5C4)CC3)c2)cc2nc(-c3ccco3)nn12. The predicted octanol–water partition coefficient (Wildman–Crippen LogP) is 3.34. The number of nitrogen functional groups attached to an aromatic ring is 1. The van der Waals surface area contributed by atoms with Crippen molar-refractivity contribution in [3.05, 3.63) is 84.1 Å². The Morgan fingerprint density at radius 1 is 0.900 bits per heavy atom. The van der Waals surface area contributed by atoms with Crippen LogP contribution in [0.5, 0.6) is 0 Å². The van der Waals surface area contributed by atoms with E-state index in [-0.39, 0.29) is 11.9 Å². The van der Waals surface area contributed by atoms with Crippen molar-refractivity contribution in [2.45, 2.75) is 13.0 Å². The molecule has 10 heteroatoms. The summed E-state index contributed by atoms with van der Waals surface area (Å²) in [6, 6.07) is 22.3. The predicted molar refractivity (Wildman–Crippen MR) is 153 cm³/mol. The molecule has 2 N–H and O–H groups in total. The Morgan fingerprint density at radius 3 is 2.58 bits per heavy atom. The Bertz CT molecular complexity index is 1670. The maximum atomic E-state index is 13.1. The molecule has 1 amide bonds. The third-order valence-electron chi connectivity index (χ3n) is 7.80. The Morgan fingerprint density at radius 2 is 1.75 bits per heavy atom. The molecule has 5 heterocycles. The van der Waals surface area contributed by atoms with Crippen LogP contribution in [-0.4, -0.2) is 74.6 Å². The smallest absolute Gasteiger partial charge is 0.236 e. The van der Waals surface area contributed by atoms with Crippen molar-refractivity contribution in [1.29, 1.82) is 0 Å². The maximum absolute atomic E-state index is 13.1. The van der Waals surface area contributed by atoms with Gasteiger partial charge in [-0.1, -0.05) is 36.4 Å². The Labute approximate surface area is 231 Å². The van der Waals surface area contributed by atoms with Crippen LogP contribution in [0, 0.1) is 0 Å². The minimum atomic E-state index is 0.211. The van der Waals surface area contributed by atoms with Crippen LogP contribution in [0.3, 0.4) is 0 Å². The number of aromatic nitrogens is 4. The fraction of sp³-hybridized carbons (Fsp3) is 0.267. The fourth-order valence-corrected chi connectivity index (χ4v) is 5.63. The van der Waals surface area contributed by atoms with E-state index >= 15 is 0 Å². The van der Waals surface area contributed by atoms with Crippen molar-refractivity contribution in [1.82, 2.24) is 29.4 Å². The summed E-state index contributed by atoms with van der Waals surface area (Å²) >= 11 is 0. The first-order chi connectivity index (χ1) is 19.6. The number of carbonyl (C=O) groups is 1. The van der Waals surface area contributed by atoms with Crippen LogP contribution < -0.4 is 10.6 Å². The molecule has 202 valence electrons. The topological polar surface area (TPSA) is 109 Å². The number of benzene rings is 2. The third-order valence-corrected chi connectivity index (χ3v) is 7.80. The zero-order chi connectivity index (χ0) is 27.1. The lowest BCUT2D eigenvalue weighted by atomic mass is 10.00. The molecule has 1 fully saturated rings. The van der Waals surface area contributed by atoms with Crippen LogP contribution in [-0.2, 0) is 17.8 Å². The van der Waals surface area contributed by atoms with Gasteiger partial charge in [-0.3, -0.25) is 9.69 Å². The molecule has 1 saturated heterocycles. The number of anilines is 2. The highest BCUT2D eigenvalue weighted by Crippen LogP contribution is 2.27. The molecule has 3 aromatic heterocycles. The molecule has 10 nitrogen and oxygen atoms in total. The van der Waals surface area contributed by atoms with Gasteiger partial charge in [0.1, 0.15) is 0 Å². The molecule has 0 unspecified atom stereocenters. The highest BCUT2D eigenvalue weighted by Gasteiger charge is 2.25. The largest absolute Gasteiger partial charge is 0.461 e. The van der Waals surface area contributed by atoms with E-state index in [4.69, 9.17) is 10.2 Å². The van der Waals surface area contributed by atoms with Gasteiger partial charge in [-0.15, -0.1) is 5.10 Å². The number of furan rings is 1. The summed E-state index contributed by atoms with van der Waals surface area (Å²) in [6.45, 7) is 5.23. The molecule has 5 aromatic rings. The van der Waals surface area contributed by atoms with Gasteiger partial charge in [-0.2, -0.15) is 4.52 Å². The standard InChI is InChI=1S/C30H30N8O2/c31-30-32-25(18-27-33-29(34-38(27)30)26-9-4-16-40-26)22-7-3-8-24(17-22)36-12-14-37(15-13-36)28(39)20-35-11-10-21-5-1-2-6-23(21)19-35/h1-9,16-18H,10-15,19-20H2,(H2,31,32). The highest BCUT2D eigenvalue weighted by atomic mass is 16.3. The van der Waals surface area contributed by atoms with Crippen LogP contribution in [0.1, 0.15) is 11.1 Å². The number of nitrogens with zero attached hydrogens (tertiary/aromatic N) is 7. The molecule has 2 aliphatic heterocycles. The Hall–Kier alpha value is -4.70. The fourth-order valence-electron chi connectivity index (χ4n) is 5.63. The van der Waals surface area contributed by atoms with Gasteiger partial charge < -0.3 is 20.0 Å². The molecule has 0 radical (unpaired) electrons. The first-order valence-corrected chi connectivity index (χ1v) is 13.6. The summed E-state index contributed by atoms with van der Waals surface area (Å²) in [4.78, 5) is 28.9. The van der Waals surface area contributed by atoms with E-state index in [2.05, 4.69) is 61.3 Å². The summed E-state index contributed by atoms with van der Waals surface area (Å²) in [5.41, 5.74) is 12.3. The lowest BCUT2D eigenvalue weighted by Crippen LogP contribution is -2.51. The van der Waals surface area contributed by atoms with Gasteiger partial charge in [0.25, 0.3) is 0 Å². The van der Waals surface area contributed by atoms with E-state index in [1.165, 1.54) is 15.6 Å². The van der Waals surface area contributed by atoms with Crippen molar-refractivity contribution < 1.29 is 9.21 Å². The van der Waals surface area contributed by atoms with E-state index in [1.807, 2.05) is 29.2 Å². The van der Waals surface area contributed by atoms with Gasteiger partial charge in [0.15, 0.2) is 11.4 Å². The van der Waals surface area contributed by atoms with E-state index in [1.54, 1.807) is 12.3 Å².